The second-order valence-corrected chi connectivity index (χ2v) is 6.66. The van der Waals surface area contributed by atoms with Crippen LogP contribution in [0.5, 0.6) is 0 Å². The number of aromatic nitrogens is 3. The van der Waals surface area contributed by atoms with E-state index in [4.69, 9.17) is 0 Å². The van der Waals surface area contributed by atoms with E-state index >= 15 is 0 Å². The van der Waals surface area contributed by atoms with Crippen LogP contribution in [0.2, 0.25) is 0 Å². The van der Waals surface area contributed by atoms with Crippen molar-refractivity contribution in [2.45, 2.75) is 20.3 Å². The van der Waals surface area contributed by atoms with Gasteiger partial charge in [0.15, 0.2) is 0 Å². The summed E-state index contributed by atoms with van der Waals surface area (Å²) in [5.41, 5.74) is 5.90. The molecule has 0 unspecified atom stereocenters. The smallest absolute Gasteiger partial charge is 0.234 e. The molecule has 0 aliphatic carbocycles. The van der Waals surface area contributed by atoms with Gasteiger partial charge < -0.3 is 4.90 Å². The zero-order chi connectivity index (χ0) is 16.3. The number of nitrogens with zero attached hydrogens (tertiary/aromatic N) is 4. The average molecular weight is 371 g/mol. The van der Waals surface area contributed by atoms with Gasteiger partial charge in [0.2, 0.25) is 11.7 Å². The maximum atomic E-state index is 11.8. The van der Waals surface area contributed by atoms with Gasteiger partial charge in [0.25, 0.3) is 0 Å². The highest BCUT2D eigenvalue weighted by molar-refractivity contribution is 9.10. The van der Waals surface area contributed by atoms with Crippen LogP contribution in [0.15, 0.2) is 28.9 Å². The topological polar surface area (TPSA) is 50.5 Å². The van der Waals surface area contributed by atoms with E-state index in [1.807, 2.05) is 43.6 Å². The highest BCUT2D eigenvalue weighted by atomic mass is 79.9. The van der Waals surface area contributed by atoms with E-state index in [1.165, 1.54) is 0 Å². The number of aryl methyl sites for hydroxylation is 2. The van der Waals surface area contributed by atoms with Gasteiger partial charge in [-0.05, 0) is 47.5 Å². The van der Waals surface area contributed by atoms with E-state index in [0.717, 1.165) is 38.4 Å². The molecule has 1 aliphatic rings. The summed E-state index contributed by atoms with van der Waals surface area (Å²) >= 11 is 3.57. The van der Waals surface area contributed by atoms with Crippen LogP contribution in [0, 0.1) is 13.8 Å². The Balaban J connectivity index is 1.86. The quantitative estimate of drug-likeness (QED) is 0.660. The van der Waals surface area contributed by atoms with Crippen LogP contribution in [0.3, 0.4) is 0 Å². The lowest BCUT2D eigenvalue weighted by molar-refractivity contribution is -0.117. The molecule has 0 fully saturated rings. The lowest BCUT2D eigenvalue weighted by atomic mass is 10.1. The molecule has 0 bridgehead atoms. The monoisotopic (exact) mass is 370 g/mol. The zero-order valence-corrected chi connectivity index (χ0v) is 14.7. The van der Waals surface area contributed by atoms with Crippen LogP contribution in [0.1, 0.15) is 17.0 Å². The molecule has 0 radical (unpaired) electrons. The number of rotatable bonds is 1. The number of fused-ring (bicyclic) bond motifs is 2. The van der Waals surface area contributed by atoms with E-state index in [-0.39, 0.29) is 5.91 Å². The molecule has 1 amide bonds. The first-order valence-corrected chi connectivity index (χ1v) is 8.16. The number of hydrogen-bond acceptors (Lipinski definition) is 3. The van der Waals surface area contributed by atoms with Crippen molar-refractivity contribution >= 4 is 33.3 Å². The molecule has 0 saturated carbocycles. The number of carbonyl (C=O) groups excluding carboxylic acids is 1. The molecule has 0 saturated heterocycles. The van der Waals surface area contributed by atoms with Gasteiger partial charge in [0.05, 0.1) is 22.3 Å². The number of amides is 1. The standard InChI is InChI=1S/C17H15BrN4O/c1-9-16(18)10(2)22-8-13(20-17(22)19-9)11-4-5-14-12(6-11)7-15(23)21(14)3/h4-6,8H,7H2,1-3H3. The van der Waals surface area contributed by atoms with Crippen molar-refractivity contribution in [1.29, 1.82) is 0 Å². The maximum Gasteiger partial charge on any atom is 0.234 e. The first kappa shape index (κ1) is 14.4. The highest BCUT2D eigenvalue weighted by Gasteiger charge is 2.24. The molecule has 6 heteroatoms. The Kier molecular flexibility index (Phi) is 3.06. The normalized spacial score (nSPS) is 13.9. The summed E-state index contributed by atoms with van der Waals surface area (Å²) in [7, 11) is 1.81. The SMILES string of the molecule is Cc1nc2nc(-c3ccc4c(c3)CC(=O)N4C)cn2c(C)c1Br. The molecule has 0 atom stereocenters. The van der Waals surface area contributed by atoms with E-state index < -0.39 is 0 Å². The minimum Gasteiger partial charge on any atom is -0.315 e. The second kappa shape index (κ2) is 4.89. The Labute approximate surface area is 142 Å². The Morgan fingerprint density at radius 1 is 1.22 bits per heavy atom. The fourth-order valence-electron chi connectivity index (χ4n) is 3.03. The van der Waals surface area contributed by atoms with Crippen molar-refractivity contribution in [2.24, 2.45) is 0 Å². The minimum absolute atomic E-state index is 0.129. The van der Waals surface area contributed by atoms with Gasteiger partial charge in [-0.1, -0.05) is 6.07 Å². The molecule has 4 rings (SSSR count). The summed E-state index contributed by atoms with van der Waals surface area (Å²) in [5, 5.41) is 0. The fraction of sp³-hybridized carbons (Fsp3) is 0.235. The van der Waals surface area contributed by atoms with Crippen LogP contribution >= 0.6 is 15.9 Å². The number of imidazole rings is 1. The van der Waals surface area contributed by atoms with Crippen LogP contribution < -0.4 is 4.90 Å². The number of likely N-dealkylation sites (N-methyl/N-ethyl adjacent to an activating group) is 1. The van der Waals surface area contributed by atoms with Crippen LogP contribution in [0.25, 0.3) is 17.0 Å². The molecule has 1 aliphatic heterocycles. The summed E-state index contributed by atoms with van der Waals surface area (Å²) in [6.45, 7) is 4.00. The Hall–Kier alpha value is -2.21. The third-order valence-corrected chi connectivity index (χ3v) is 5.55. The first-order valence-electron chi connectivity index (χ1n) is 7.37. The molecule has 0 N–H and O–H groups in total. The third kappa shape index (κ3) is 2.09. The Morgan fingerprint density at radius 3 is 2.78 bits per heavy atom. The molecule has 1 aromatic carbocycles. The van der Waals surface area contributed by atoms with Gasteiger partial charge in [-0.3, -0.25) is 9.20 Å². The van der Waals surface area contributed by atoms with E-state index in [1.54, 1.807) is 4.90 Å². The number of hydrogen-bond donors (Lipinski definition) is 0. The highest BCUT2D eigenvalue weighted by Crippen LogP contribution is 2.32. The second-order valence-electron chi connectivity index (χ2n) is 5.87. The van der Waals surface area contributed by atoms with E-state index in [9.17, 15) is 4.79 Å². The molecular weight excluding hydrogens is 356 g/mol. The minimum atomic E-state index is 0.129. The van der Waals surface area contributed by atoms with Crippen molar-refractivity contribution in [3.05, 3.63) is 45.8 Å². The largest absolute Gasteiger partial charge is 0.315 e. The summed E-state index contributed by atoms with van der Waals surface area (Å²) in [5.74, 6) is 0.816. The predicted molar refractivity (Wildman–Crippen MR) is 92.7 cm³/mol. The molecule has 5 nitrogen and oxygen atoms in total. The zero-order valence-electron chi connectivity index (χ0n) is 13.1. The fourth-order valence-corrected chi connectivity index (χ4v) is 3.31. The van der Waals surface area contributed by atoms with Crippen molar-refractivity contribution in [3.8, 4) is 11.3 Å². The number of anilines is 1. The van der Waals surface area contributed by atoms with Gasteiger partial charge >= 0.3 is 0 Å². The van der Waals surface area contributed by atoms with Crippen molar-refractivity contribution < 1.29 is 4.79 Å². The van der Waals surface area contributed by atoms with Crippen molar-refractivity contribution in [3.63, 3.8) is 0 Å². The Morgan fingerprint density at radius 2 is 2.00 bits per heavy atom. The first-order chi connectivity index (χ1) is 11.0. The average Bonchev–Trinajstić information content (AvgIpc) is 3.07. The molecule has 116 valence electrons. The molecule has 23 heavy (non-hydrogen) atoms. The summed E-state index contributed by atoms with van der Waals surface area (Å²) in [6, 6.07) is 6.05. The number of halogens is 1. The van der Waals surface area contributed by atoms with Crippen LogP contribution in [-0.2, 0) is 11.2 Å². The van der Waals surface area contributed by atoms with Gasteiger partial charge in [0.1, 0.15) is 0 Å². The number of carbonyl (C=O) groups is 1. The van der Waals surface area contributed by atoms with Crippen molar-refractivity contribution in [1.82, 2.24) is 14.4 Å². The maximum absolute atomic E-state index is 11.8. The van der Waals surface area contributed by atoms with Crippen LogP contribution in [-0.4, -0.2) is 27.3 Å². The summed E-state index contributed by atoms with van der Waals surface area (Å²) in [4.78, 5) is 22.7. The van der Waals surface area contributed by atoms with Gasteiger partial charge in [0, 0.05) is 30.2 Å². The van der Waals surface area contributed by atoms with E-state index in [0.29, 0.717) is 12.2 Å². The number of benzene rings is 1. The predicted octanol–water partition coefficient (Wildman–Crippen LogP) is 3.29. The Bertz CT molecular complexity index is 976. The summed E-state index contributed by atoms with van der Waals surface area (Å²) < 4.78 is 2.98. The lowest BCUT2D eigenvalue weighted by Crippen LogP contribution is -2.20. The van der Waals surface area contributed by atoms with Gasteiger partial charge in [-0.2, -0.15) is 0 Å². The third-order valence-electron chi connectivity index (χ3n) is 4.40. The molecule has 3 heterocycles. The van der Waals surface area contributed by atoms with E-state index in [2.05, 4.69) is 32.0 Å². The molecule has 3 aromatic rings. The molecular formula is C17H15BrN4O. The van der Waals surface area contributed by atoms with Gasteiger partial charge in [-0.15, -0.1) is 0 Å². The van der Waals surface area contributed by atoms with Gasteiger partial charge in [-0.25, -0.2) is 9.97 Å². The summed E-state index contributed by atoms with van der Waals surface area (Å²) in [6.07, 6.45) is 2.44. The molecule has 0 spiro atoms. The van der Waals surface area contributed by atoms with Crippen molar-refractivity contribution in [2.75, 3.05) is 11.9 Å². The lowest BCUT2D eigenvalue weighted by Gasteiger charge is -2.09. The molecule has 2 aromatic heterocycles. The van der Waals surface area contributed by atoms with Crippen LogP contribution in [0.4, 0.5) is 5.69 Å².